The molecule has 0 spiro atoms. The largest absolute Gasteiger partial charge is 0.497 e. The number of likely N-dealkylation sites (N-methyl/N-ethyl adjacent to an activating group) is 3. The number of H-pyrrole nitrogens is 4. The lowest BCUT2D eigenvalue weighted by atomic mass is 10.1. The van der Waals surface area contributed by atoms with E-state index in [1.54, 1.807) is 69.9 Å². The van der Waals surface area contributed by atoms with E-state index in [9.17, 15) is 19.2 Å². The van der Waals surface area contributed by atoms with Crippen LogP contribution in [0.5, 0.6) is 11.5 Å². The molecule has 4 fully saturated rings. The minimum Gasteiger partial charge on any atom is -0.497 e. The number of hydrogen-bond donors (Lipinski definition) is 5. The number of halogens is 1. The number of nitrogens with zero attached hydrogens (tertiary/aromatic N) is 15. The molecule has 26 nitrogen and oxygen atoms in total. The molecule has 5 N–H and O–H groups in total. The fraction of sp³-hybridized carbons (Fsp3) is 0.247. The van der Waals surface area contributed by atoms with Gasteiger partial charge in [0.05, 0.1) is 103 Å². The number of para-hydroxylation sites is 1. The average molecular weight is 1520 g/mol. The minimum absolute atomic E-state index is 0.0771. The number of benzene rings is 8. The van der Waals surface area contributed by atoms with Crippen LogP contribution in [-0.4, -0.2) is 214 Å². The monoisotopic (exact) mass is 1520 g/mol. The zero-order valence-electron chi connectivity index (χ0n) is 62.9. The van der Waals surface area contributed by atoms with Crippen molar-refractivity contribution in [1.82, 2.24) is 79.1 Å². The Morgan fingerprint density at radius 3 is 0.955 bits per heavy atom. The van der Waals surface area contributed by atoms with E-state index < -0.39 is 0 Å². The third-order valence-electron chi connectivity index (χ3n) is 21.9. The van der Waals surface area contributed by atoms with Crippen LogP contribution in [0.15, 0.2) is 220 Å². The Bertz CT molecular complexity index is 6380. The van der Waals surface area contributed by atoms with Gasteiger partial charge in [0, 0.05) is 179 Å². The number of ether oxygens (including phenoxy) is 2. The van der Waals surface area contributed by atoms with Crippen LogP contribution in [0.1, 0.15) is 0 Å². The van der Waals surface area contributed by atoms with Crippen molar-refractivity contribution in [3.8, 4) is 34.2 Å². The van der Waals surface area contributed by atoms with Gasteiger partial charge < -0.3 is 49.1 Å². The third kappa shape index (κ3) is 14.3. The molecule has 4 saturated heterocycles. The summed E-state index contributed by atoms with van der Waals surface area (Å²) in [4.78, 5) is 86.3. The zero-order chi connectivity index (χ0) is 76.7. The topological polar surface area (TPSA) is 256 Å². The highest BCUT2D eigenvalue weighted by molar-refractivity contribution is 6.30. The molecule has 20 rings (SSSR count). The molecule has 0 atom stereocenters. The Kier molecular flexibility index (Phi) is 20.0. The van der Waals surface area contributed by atoms with Crippen molar-refractivity contribution in [1.29, 1.82) is 0 Å². The number of fused-ring (bicyclic) bond motifs is 12. The van der Waals surface area contributed by atoms with E-state index >= 15 is 0 Å². The first-order valence-electron chi connectivity index (χ1n) is 37.7. The Morgan fingerprint density at radius 2 is 0.598 bits per heavy atom. The van der Waals surface area contributed by atoms with Crippen LogP contribution < -0.4 is 56.6 Å². The van der Waals surface area contributed by atoms with E-state index in [1.165, 1.54) is 11.4 Å². The van der Waals surface area contributed by atoms with Gasteiger partial charge in [0.15, 0.2) is 0 Å². The first-order chi connectivity index (χ1) is 54.7. The van der Waals surface area contributed by atoms with Crippen molar-refractivity contribution in [3.05, 3.63) is 247 Å². The molecule has 12 heterocycles. The van der Waals surface area contributed by atoms with Crippen molar-refractivity contribution < 1.29 is 9.47 Å². The molecule has 0 unspecified atom stereocenters. The van der Waals surface area contributed by atoms with Gasteiger partial charge in [0.25, 0.3) is 22.2 Å². The van der Waals surface area contributed by atoms with E-state index in [0.717, 1.165) is 216 Å². The standard InChI is InChI=1S/2C22H23N5O2.C21H20ClN5O.C20H19N5O/c1-25-9-11-26(12-10-25)16-5-8-20-18(13-16)21-19(14-23-20)22(28)27(24-21)15-3-6-17(29-2)7-4-15;1-25-9-11-26(12-10-25)16-5-8-18-20(13-16)23-14-19-21(18)24-27(22(19)28)15-3-6-17(29-2)7-4-15;1-25-8-10-26(11-9-25)16-6-7-19-17(12-16)20-18(13-23-19)21(28)27(24-20)15-4-2-14(22)3-5-15;26-20-17-13-22-18-12-15(24-10-8-21-9-11-24)6-7-16(18)19(17)23-25(20)14-4-2-1-3-5-14/h2*3-8,13-14,24H,9-12H2,1-2H3;2-7,12-13,24H,8-11H2,1H3;1-7,12-13,21,23H,8-11H2. The number of aromatic nitrogens is 12. The molecule has 0 aliphatic carbocycles. The third-order valence-corrected chi connectivity index (χ3v) is 22.1. The van der Waals surface area contributed by atoms with Crippen LogP contribution in [-0.2, 0) is 0 Å². The van der Waals surface area contributed by atoms with Crippen molar-refractivity contribution in [3.63, 3.8) is 0 Å². The smallest absolute Gasteiger partial charge is 0.280 e. The number of hydrogen-bond acceptors (Lipinski definition) is 18. The van der Waals surface area contributed by atoms with Gasteiger partial charge in [-0.05, 0) is 179 Å². The fourth-order valence-corrected chi connectivity index (χ4v) is 15.4. The Balaban J connectivity index is 0.000000108. The summed E-state index contributed by atoms with van der Waals surface area (Å²) in [6.45, 7) is 16.3. The van der Waals surface area contributed by atoms with Crippen LogP contribution >= 0.6 is 11.6 Å². The molecule has 0 bridgehead atoms. The molecule has 8 aromatic heterocycles. The Hall–Kier alpha value is -12.6. The van der Waals surface area contributed by atoms with Crippen LogP contribution in [0.3, 0.4) is 0 Å². The summed E-state index contributed by atoms with van der Waals surface area (Å²) in [6.07, 6.45) is 6.66. The van der Waals surface area contributed by atoms with E-state index in [4.69, 9.17) is 21.1 Å². The molecule has 4 aliphatic heterocycles. The van der Waals surface area contributed by atoms with Crippen molar-refractivity contribution in [2.75, 3.05) is 160 Å². The molecule has 0 amide bonds. The van der Waals surface area contributed by atoms with Crippen molar-refractivity contribution >= 4 is 122 Å². The van der Waals surface area contributed by atoms with Crippen LogP contribution in [0.2, 0.25) is 5.02 Å². The van der Waals surface area contributed by atoms with E-state index in [1.807, 2.05) is 103 Å². The minimum atomic E-state index is -0.114. The highest BCUT2D eigenvalue weighted by Crippen LogP contribution is 2.32. The molecule has 112 heavy (non-hydrogen) atoms. The molecule has 568 valence electrons. The molecular weight excluding hydrogens is 1430 g/mol. The second kappa shape index (κ2) is 31.1. The van der Waals surface area contributed by atoms with Crippen molar-refractivity contribution in [2.45, 2.75) is 0 Å². The maximum absolute atomic E-state index is 13.0. The first kappa shape index (κ1) is 72.3. The van der Waals surface area contributed by atoms with E-state index in [0.29, 0.717) is 26.6 Å². The number of aromatic amines is 4. The summed E-state index contributed by atoms with van der Waals surface area (Å²) < 4.78 is 16.7. The first-order valence-corrected chi connectivity index (χ1v) is 38.1. The van der Waals surface area contributed by atoms with Gasteiger partial charge in [-0.1, -0.05) is 29.8 Å². The average Bonchev–Trinajstić information content (AvgIpc) is 1.45. The predicted octanol–water partition coefficient (Wildman–Crippen LogP) is 10.8. The quantitative estimate of drug-likeness (QED) is 0.0853. The van der Waals surface area contributed by atoms with E-state index in [-0.39, 0.29) is 22.2 Å². The Labute approximate surface area is 647 Å². The lowest BCUT2D eigenvalue weighted by molar-refractivity contribution is 0.313. The summed E-state index contributed by atoms with van der Waals surface area (Å²) in [5.74, 6) is 1.50. The molecule has 0 radical (unpaired) electrons. The van der Waals surface area contributed by atoms with Gasteiger partial charge in [-0.25, -0.2) is 18.7 Å². The second-order valence-electron chi connectivity index (χ2n) is 28.8. The SMILES string of the molecule is CN1CCN(c2ccc3ncc4c(=O)n(-c5ccc(Cl)cc5)[nH]c4c3c2)CC1.COc1ccc(-n2[nH]c3c(cnc4cc(N5CCN(C)CC5)ccc43)c2=O)cc1.COc1ccc(-n2[nH]c3c(cnc4ccc(N5CCN(C)CC5)cc43)c2=O)cc1.O=c1c2cnc3cc(N4CCNCC4)ccc3c2[nH]n1-c1ccccc1. The molecule has 16 aromatic rings. The van der Waals surface area contributed by atoms with Gasteiger partial charge in [-0.2, -0.15) is 0 Å². The van der Waals surface area contributed by atoms with Crippen molar-refractivity contribution in [2.24, 2.45) is 0 Å². The fourth-order valence-electron chi connectivity index (χ4n) is 15.2. The number of piperazine rings is 4. The van der Waals surface area contributed by atoms with Gasteiger partial charge in [-0.15, -0.1) is 0 Å². The lowest BCUT2D eigenvalue weighted by Gasteiger charge is -2.34. The van der Waals surface area contributed by atoms with Gasteiger partial charge in [0.2, 0.25) is 0 Å². The van der Waals surface area contributed by atoms with Crippen LogP contribution in [0, 0.1) is 0 Å². The number of rotatable bonds is 10. The second-order valence-corrected chi connectivity index (χ2v) is 29.3. The summed E-state index contributed by atoms with van der Waals surface area (Å²) >= 11 is 5.98. The normalized spacial score (nSPS) is 15.3. The summed E-state index contributed by atoms with van der Waals surface area (Å²) in [5.41, 5.74) is 14.1. The molecule has 4 aliphatic rings. The van der Waals surface area contributed by atoms with Crippen LogP contribution in [0.25, 0.3) is 110 Å². The van der Waals surface area contributed by atoms with Gasteiger partial charge in [-0.3, -0.25) is 59.5 Å². The summed E-state index contributed by atoms with van der Waals surface area (Å²) in [7, 11) is 9.70. The Morgan fingerprint density at radius 1 is 0.304 bits per heavy atom. The molecule has 8 aromatic carbocycles. The summed E-state index contributed by atoms with van der Waals surface area (Å²) in [6, 6.07) is 56.8. The number of nitrogens with one attached hydrogen (secondary N) is 5. The number of methoxy groups -OCH3 is 2. The van der Waals surface area contributed by atoms with Crippen LogP contribution in [0.4, 0.5) is 22.7 Å². The number of anilines is 4. The maximum atomic E-state index is 13.0. The highest BCUT2D eigenvalue weighted by Gasteiger charge is 2.23. The molecular formula is C85H85ClN20O6. The summed E-state index contributed by atoms with van der Waals surface area (Å²) in [5, 5.41) is 23.3. The highest BCUT2D eigenvalue weighted by atomic mass is 35.5. The van der Waals surface area contributed by atoms with Gasteiger partial charge in [0.1, 0.15) is 11.5 Å². The molecule has 27 heteroatoms. The maximum Gasteiger partial charge on any atom is 0.280 e. The van der Waals surface area contributed by atoms with E-state index in [2.05, 4.69) is 162 Å². The molecule has 0 saturated carbocycles. The number of pyridine rings is 4. The lowest BCUT2D eigenvalue weighted by Crippen LogP contribution is -2.44. The predicted molar refractivity (Wildman–Crippen MR) is 449 cm³/mol. The van der Waals surface area contributed by atoms with Gasteiger partial charge >= 0.3 is 0 Å². The zero-order valence-corrected chi connectivity index (χ0v) is 63.7.